The molecule has 6 rings (SSSR count). The number of benzene rings is 2. The molecule has 0 radical (unpaired) electrons. The van der Waals surface area contributed by atoms with Gasteiger partial charge in [0.2, 0.25) is 5.91 Å². The maximum absolute atomic E-state index is 17.5. The number of piperazine rings is 1. The van der Waals surface area contributed by atoms with Crippen molar-refractivity contribution in [2.75, 3.05) is 35.6 Å². The minimum absolute atomic E-state index is 0.105. The third kappa shape index (κ3) is 4.78. The molecule has 2 aliphatic rings. The topological polar surface area (TPSA) is 109 Å². The van der Waals surface area contributed by atoms with E-state index in [0.717, 1.165) is 6.07 Å². The van der Waals surface area contributed by atoms with Crippen LogP contribution in [-0.2, 0) is 4.79 Å². The van der Waals surface area contributed by atoms with Gasteiger partial charge in [0.05, 0.1) is 49.3 Å². The number of aryl methyl sites for hydroxylation is 1. The van der Waals surface area contributed by atoms with E-state index in [1.54, 1.807) is 24.1 Å². The van der Waals surface area contributed by atoms with Gasteiger partial charge in [0.15, 0.2) is 11.6 Å². The Morgan fingerprint density at radius 1 is 1.17 bits per heavy atom. The maximum atomic E-state index is 17.5. The molecule has 1 fully saturated rings. The molecule has 2 atom stereocenters. The first-order valence-electron chi connectivity index (χ1n) is 14.6. The Kier molecular flexibility index (Phi) is 8.15. The van der Waals surface area contributed by atoms with Crippen LogP contribution in [0.2, 0.25) is 15.1 Å². The Labute approximate surface area is 278 Å². The standard InChI is InChI=1S/C32H30Cl3F2N7O2/c1-6-19(45)42-11-15(5)43-16(12-42)10-40-28-22-30(25(37)20(23(28)35)21-24(36)17(33)9-18(34)26(21)38)44(32(46)41-31(22)43)29-14(4)7-8-39-27(29)13(2)3/h6-9,13,15-16,40H,1,10-12,38H2,2-5H3. The fourth-order valence-electron chi connectivity index (χ4n) is 6.57. The van der Waals surface area contributed by atoms with Crippen molar-refractivity contribution in [1.29, 1.82) is 0 Å². The molecular weight excluding hydrogens is 659 g/mol. The molecule has 2 unspecified atom stereocenters. The van der Waals surface area contributed by atoms with Crippen LogP contribution in [0.4, 0.5) is 26.0 Å². The molecule has 9 nitrogen and oxygen atoms in total. The Morgan fingerprint density at radius 3 is 2.57 bits per heavy atom. The monoisotopic (exact) mass is 687 g/mol. The molecule has 1 amide bonds. The van der Waals surface area contributed by atoms with Crippen molar-refractivity contribution in [2.45, 2.75) is 45.7 Å². The van der Waals surface area contributed by atoms with E-state index < -0.39 is 34.5 Å². The van der Waals surface area contributed by atoms with Crippen LogP contribution in [0.25, 0.3) is 27.7 Å². The molecule has 4 aromatic rings. The highest BCUT2D eigenvalue weighted by Crippen LogP contribution is 2.50. The van der Waals surface area contributed by atoms with Gasteiger partial charge < -0.3 is 20.9 Å². The van der Waals surface area contributed by atoms with Crippen LogP contribution in [0.1, 0.15) is 37.9 Å². The Hall–Kier alpha value is -3.93. The number of carbonyl (C=O) groups excluding carboxylic acids is 1. The summed E-state index contributed by atoms with van der Waals surface area (Å²) in [6.45, 7) is 11.9. The lowest BCUT2D eigenvalue weighted by Gasteiger charge is -2.45. The summed E-state index contributed by atoms with van der Waals surface area (Å²) in [6, 6.07) is 2.09. The predicted octanol–water partition coefficient (Wildman–Crippen LogP) is 6.72. The number of amides is 1. The van der Waals surface area contributed by atoms with Crippen LogP contribution >= 0.6 is 34.8 Å². The van der Waals surface area contributed by atoms with E-state index in [2.05, 4.69) is 21.9 Å². The third-order valence-electron chi connectivity index (χ3n) is 8.61. The highest BCUT2D eigenvalue weighted by molar-refractivity contribution is 6.40. The molecule has 0 spiro atoms. The molecule has 1 saturated heterocycles. The smallest absolute Gasteiger partial charge is 0.354 e. The summed E-state index contributed by atoms with van der Waals surface area (Å²) in [5, 5.41) is 2.81. The fraction of sp³-hybridized carbons (Fsp3) is 0.312. The van der Waals surface area contributed by atoms with Gasteiger partial charge in [-0.1, -0.05) is 55.2 Å². The lowest BCUT2D eigenvalue weighted by molar-refractivity contribution is -0.127. The summed E-state index contributed by atoms with van der Waals surface area (Å²) in [7, 11) is 0. The number of hydrogen-bond donors (Lipinski definition) is 2. The van der Waals surface area contributed by atoms with Gasteiger partial charge in [0.1, 0.15) is 11.3 Å². The van der Waals surface area contributed by atoms with Gasteiger partial charge in [-0.15, -0.1) is 0 Å². The quantitative estimate of drug-likeness (QED) is 0.139. The average Bonchev–Trinajstić information content (AvgIpc) is 3.17. The van der Waals surface area contributed by atoms with Crippen LogP contribution < -0.4 is 21.6 Å². The highest BCUT2D eigenvalue weighted by atomic mass is 35.5. The van der Waals surface area contributed by atoms with Crippen molar-refractivity contribution in [3.8, 4) is 16.8 Å². The molecule has 4 heterocycles. The van der Waals surface area contributed by atoms with Crippen LogP contribution in [0.5, 0.6) is 0 Å². The normalized spacial score (nSPS) is 17.6. The number of nitrogen functional groups attached to an aromatic ring is 1. The molecule has 0 aliphatic carbocycles. The van der Waals surface area contributed by atoms with Gasteiger partial charge in [-0.2, -0.15) is 4.98 Å². The number of rotatable bonds is 4. The molecule has 0 bridgehead atoms. The second-order valence-corrected chi connectivity index (χ2v) is 13.0. The van der Waals surface area contributed by atoms with Crippen LogP contribution in [0.15, 0.2) is 35.8 Å². The van der Waals surface area contributed by atoms with Gasteiger partial charge in [0.25, 0.3) is 0 Å². The number of carbonyl (C=O) groups is 1. The number of aromatic nitrogens is 3. The zero-order valence-electron chi connectivity index (χ0n) is 25.4. The molecule has 2 aromatic heterocycles. The minimum Gasteiger partial charge on any atom is -0.397 e. The Morgan fingerprint density at radius 2 is 1.89 bits per heavy atom. The SMILES string of the molecule is C=CC(=O)N1CC(C)N2c3nc(=O)n(-c4c(C)ccnc4C(C)C)c4c(F)c(-c5c(N)c(Cl)cc(Cl)c5F)c(Cl)c(c34)NCC2C1. The van der Waals surface area contributed by atoms with E-state index in [1.807, 2.05) is 25.7 Å². The van der Waals surface area contributed by atoms with Crippen LogP contribution in [0, 0.1) is 18.6 Å². The maximum Gasteiger partial charge on any atom is 0.354 e. The van der Waals surface area contributed by atoms with Gasteiger partial charge in [0, 0.05) is 43.0 Å². The second kappa shape index (κ2) is 11.7. The fourth-order valence-corrected chi connectivity index (χ4v) is 7.37. The number of hydrogen-bond acceptors (Lipinski definition) is 7. The third-order valence-corrected chi connectivity index (χ3v) is 9.57. The number of nitrogens with two attached hydrogens (primary N) is 1. The van der Waals surface area contributed by atoms with E-state index in [1.165, 1.54) is 10.6 Å². The van der Waals surface area contributed by atoms with Gasteiger partial charge in [-0.3, -0.25) is 14.3 Å². The zero-order valence-corrected chi connectivity index (χ0v) is 27.7. The summed E-state index contributed by atoms with van der Waals surface area (Å²) in [6.07, 6.45) is 2.86. The van der Waals surface area contributed by atoms with Crippen molar-refractivity contribution >= 4 is 68.8 Å². The van der Waals surface area contributed by atoms with E-state index >= 15 is 8.78 Å². The number of pyridine rings is 1. The molecule has 2 aliphatic heterocycles. The number of nitrogens with one attached hydrogen (secondary N) is 1. The lowest BCUT2D eigenvalue weighted by atomic mass is 9.97. The van der Waals surface area contributed by atoms with Crippen molar-refractivity contribution in [3.05, 3.63) is 79.4 Å². The van der Waals surface area contributed by atoms with Crippen LogP contribution in [0.3, 0.4) is 0 Å². The first-order chi connectivity index (χ1) is 21.8. The number of anilines is 3. The van der Waals surface area contributed by atoms with Crippen molar-refractivity contribution in [2.24, 2.45) is 0 Å². The van der Waals surface area contributed by atoms with Gasteiger partial charge in [-0.25, -0.2) is 13.6 Å². The largest absolute Gasteiger partial charge is 0.397 e. The summed E-state index contributed by atoms with van der Waals surface area (Å²) in [5.74, 6) is -2.29. The first-order valence-corrected chi connectivity index (χ1v) is 15.7. The van der Waals surface area contributed by atoms with E-state index in [0.29, 0.717) is 23.5 Å². The first kappa shape index (κ1) is 32.0. The average molecular weight is 689 g/mol. The van der Waals surface area contributed by atoms with Crippen molar-refractivity contribution in [3.63, 3.8) is 0 Å². The Bertz CT molecular complexity index is 2010. The van der Waals surface area contributed by atoms with Crippen molar-refractivity contribution < 1.29 is 13.6 Å². The zero-order chi connectivity index (χ0) is 33.4. The molecule has 14 heteroatoms. The van der Waals surface area contributed by atoms with Crippen molar-refractivity contribution in [1.82, 2.24) is 19.4 Å². The molecule has 3 N–H and O–H groups in total. The summed E-state index contributed by atoms with van der Waals surface area (Å²) in [5.41, 5.74) is 5.82. The van der Waals surface area contributed by atoms with Crippen LogP contribution in [-0.4, -0.2) is 57.1 Å². The lowest BCUT2D eigenvalue weighted by Crippen LogP contribution is -2.61. The Balaban J connectivity index is 1.80. The van der Waals surface area contributed by atoms with Gasteiger partial charge >= 0.3 is 5.69 Å². The van der Waals surface area contributed by atoms with E-state index in [9.17, 15) is 9.59 Å². The van der Waals surface area contributed by atoms with Gasteiger partial charge in [-0.05, 0) is 43.5 Å². The predicted molar refractivity (Wildman–Crippen MR) is 180 cm³/mol. The second-order valence-electron chi connectivity index (χ2n) is 11.9. The number of fused-ring (bicyclic) bond motifs is 2. The number of halogens is 5. The van der Waals surface area contributed by atoms with E-state index in [-0.39, 0.29) is 74.1 Å². The molecule has 240 valence electrons. The molecule has 0 saturated carbocycles. The molecule has 46 heavy (non-hydrogen) atoms. The summed E-state index contributed by atoms with van der Waals surface area (Å²) >= 11 is 19.5. The summed E-state index contributed by atoms with van der Waals surface area (Å²) in [4.78, 5) is 39.6. The highest BCUT2D eigenvalue weighted by Gasteiger charge is 2.40. The summed E-state index contributed by atoms with van der Waals surface area (Å²) < 4.78 is 34.5. The number of nitrogens with zero attached hydrogens (tertiary/aromatic N) is 5. The molecule has 2 aromatic carbocycles. The molecular formula is C32H30Cl3F2N7O2. The van der Waals surface area contributed by atoms with E-state index in [4.69, 9.17) is 40.5 Å². The minimum atomic E-state index is -1.03.